The number of rotatable bonds is 0. The predicted octanol–water partition coefficient (Wildman–Crippen LogP) is 2.74. The Labute approximate surface area is 77.5 Å². The molecular weight excluding hydrogens is 164 g/mol. The summed E-state index contributed by atoms with van der Waals surface area (Å²) >= 11 is 0. The molecule has 0 aliphatic rings. The molecule has 2 aromatic rings. The lowest BCUT2D eigenvalue weighted by Crippen LogP contribution is -1.82. The van der Waals surface area contributed by atoms with Gasteiger partial charge in [-0.1, -0.05) is 31.1 Å². The van der Waals surface area contributed by atoms with Gasteiger partial charge in [-0.05, 0) is 18.6 Å². The monoisotopic (exact) mass is 178 g/mol. The molecule has 0 aliphatic carbocycles. The molecule has 1 aromatic carbocycles. The van der Waals surface area contributed by atoms with Gasteiger partial charge in [-0.2, -0.15) is 0 Å². The van der Waals surface area contributed by atoms with Gasteiger partial charge in [-0.15, -0.1) is 0 Å². The van der Waals surface area contributed by atoms with Crippen molar-refractivity contribution in [1.82, 2.24) is 5.16 Å². The lowest BCUT2D eigenvalue weighted by molar-refractivity contribution is 0.459. The molecule has 1 aromatic heterocycles. The van der Waals surface area contributed by atoms with Crippen LogP contribution in [0.2, 0.25) is 0 Å². The van der Waals surface area contributed by atoms with Crippen molar-refractivity contribution >= 4 is 16.8 Å². The number of hydrogen-bond acceptors (Lipinski definition) is 3. The van der Waals surface area contributed by atoms with Crippen molar-refractivity contribution in [2.45, 2.75) is 20.8 Å². The summed E-state index contributed by atoms with van der Waals surface area (Å²) in [4.78, 5) is 0. The number of para-hydroxylation sites is 1. The van der Waals surface area contributed by atoms with Crippen LogP contribution in [0.25, 0.3) is 11.0 Å². The lowest BCUT2D eigenvalue weighted by Gasteiger charge is -1.89. The third-order valence-corrected chi connectivity index (χ3v) is 1.72. The van der Waals surface area contributed by atoms with E-state index in [0.717, 1.165) is 16.5 Å². The molecule has 0 radical (unpaired) electrons. The van der Waals surface area contributed by atoms with Crippen LogP contribution in [0.3, 0.4) is 0 Å². The van der Waals surface area contributed by atoms with E-state index in [9.17, 15) is 0 Å². The quantitative estimate of drug-likeness (QED) is 0.674. The zero-order valence-corrected chi connectivity index (χ0v) is 8.16. The fourth-order valence-electron chi connectivity index (χ4n) is 1.12. The van der Waals surface area contributed by atoms with Crippen LogP contribution < -0.4 is 5.73 Å². The summed E-state index contributed by atoms with van der Waals surface area (Å²) in [6, 6.07) is 5.80. The highest BCUT2D eigenvalue weighted by atomic mass is 16.5. The minimum atomic E-state index is 0.462. The maximum Gasteiger partial charge on any atom is 0.174 e. The number of aromatic nitrogens is 1. The lowest BCUT2D eigenvalue weighted by atomic mass is 10.2. The first-order valence-electron chi connectivity index (χ1n) is 4.39. The van der Waals surface area contributed by atoms with Crippen LogP contribution in [0.5, 0.6) is 0 Å². The number of anilines is 1. The average Bonchev–Trinajstić information content (AvgIpc) is 2.53. The highest BCUT2D eigenvalue weighted by Gasteiger charge is 2.04. The minimum absolute atomic E-state index is 0.462. The van der Waals surface area contributed by atoms with E-state index in [1.165, 1.54) is 0 Å². The third kappa shape index (κ3) is 1.64. The van der Waals surface area contributed by atoms with Gasteiger partial charge in [0.15, 0.2) is 11.4 Å². The summed E-state index contributed by atoms with van der Waals surface area (Å²) in [6.07, 6.45) is 0. The van der Waals surface area contributed by atoms with Crippen molar-refractivity contribution in [1.29, 1.82) is 0 Å². The summed E-state index contributed by atoms with van der Waals surface area (Å²) in [6.45, 7) is 5.97. The van der Waals surface area contributed by atoms with Crippen LogP contribution in [-0.4, -0.2) is 5.16 Å². The first-order chi connectivity index (χ1) is 6.29. The second-order valence-corrected chi connectivity index (χ2v) is 2.52. The van der Waals surface area contributed by atoms with Gasteiger partial charge in [0.25, 0.3) is 0 Å². The number of benzene rings is 1. The number of aryl methyl sites for hydroxylation is 1. The molecule has 0 bridgehead atoms. The number of nitrogen functional groups attached to an aromatic ring is 1. The van der Waals surface area contributed by atoms with E-state index in [2.05, 4.69) is 5.16 Å². The summed E-state index contributed by atoms with van der Waals surface area (Å²) in [5, 5.41) is 4.55. The van der Waals surface area contributed by atoms with E-state index in [4.69, 9.17) is 10.3 Å². The second-order valence-electron chi connectivity index (χ2n) is 2.52. The van der Waals surface area contributed by atoms with E-state index in [1.54, 1.807) is 0 Å². The average molecular weight is 178 g/mol. The molecule has 0 unspecified atom stereocenters. The fraction of sp³-hybridized carbons (Fsp3) is 0.300. The van der Waals surface area contributed by atoms with Crippen molar-refractivity contribution in [2.75, 3.05) is 5.73 Å². The molecule has 13 heavy (non-hydrogen) atoms. The van der Waals surface area contributed by atoms with Crippen LogP contribution >= 0.6 is 0 Å². The smallest absolute Gasteiger partial charge is 0.174 e. The Kier molecular flexibility index (Phi) is 2.90. The Bertz CT molecular complexity index is 393. The van der Waals surface area contributed by atoms with Gasteiger partial charge in [-0.25, -0.2) is 0 Å². The van der Waals surface area contributed by atoms with Crippen molar-refractivity contribution in [2.24, 2.45) is 0 Å². The topological polar surface area (TPSA) is 52.0 Å². The molecule has 3 heteroatoms. The highest BCUT2D eigenvalue weighted by Crippen LogP contribution is 2.22. The molecule has 2 rings (SSSR count). The molecular formula is C10H14N2O. The Hall–Kier alpha value is -1.51. The summed E-state index contributed by atoms with van der Waals surface area (Å²) in [5.74, 6) is 0.462. The first kappa shape index (κ1) is 9.58. The SMILES string of the molecule is CC.Cc1cccc2c(N)noc12. The maximum atomic E-state index is 5.54. The van der Waals surface area contributed by atoms with Gasteiger partial charge >= 0.3 is 0 Å². The normalized spacial score (nSPS) is 9.46. The Morgan fingerprint density at radius 1 is 1.31 bits per heavy atom. The number of fused-ring (bicyclic) bond motifs is 1. The summed E-state index contributed by atoms with van der Waals surface area (Å²) < 4.78 is 5.00. The van der Waals surface area contributed by atoms with Crippen LogP contribution in [0.15, 0.2) is 22.7 Å². The third-order valence-electron chi connectivity index (χ3n) is 1.72. The van der Waals surface area contributed by atoms with Crippen molar-refractivity contribution in [3.8, 4) is 0 Å². The first-order valence-corrected chi connectivity index (χ1v) is 4.39. The molecule has 0 spiro atoms. The van der Waals surface area contributed by atoms with E-state index in [0.29, 0.717) is 5.82 Å². The van der Waals surface area contributed by atoms with E-state index in [-0.39, 0.29) is 0 Å². The summed E-state index contributed by atoms with van der Waals surface area (Å²) in [7, 11) is 0. The number of nitrogens with two attached hydrogens (primary N) is 1. The highest BCUT2D eigenvalue weighted by molar-refractivity contribution is 5.88. The Morgan fingerprint density at radius 2 is 2.00 bits per heavy atom. The van der Waals surface area contributed by atoms with E-state index in [1.807, 2.05) is 39.0 Å². The largest absolute Gasteiger partial charge is 0.380 e. The van der Waals surface area contributed by atoms with Crippen LogP contribution in [0.4, 0.5) is 5.82 Å². The van der Waals surface area contributed by atoms with Gasteiger partial charge in [0.2, 0.25) is 0 Å². The standard InChI is InChI=1S/C8H8N2O.C2H6/c1-5-3-2-4-6-7(5)11-10-8(6)9;1-2/h2-4H,1H3,(H2,9,10);1-2H3. The van der Waals surface area contributed by atoms with Crippen molar-refractivity contribution < 1.29 is 4.52 Å². The molecule has 0 atom stereocenters. The van der Waals surface area contributed by atoms with Gasteiger partial charge in [-0.3, -0.25) is 0 Å². The molecule has 0 saturated heterocycles. The van der Waals surface area contributed by atoms with Crippen molar-refractivity contribution in [3.63, 3.8) is 0 Å². The zero-order valence-electron chi connectivity index (χ0n) is 8.16. The second kappa shape index (κ2) is 3.94. The van der Waals surface area contributed by atoms with E-state index >= 15 is 0 Å². The Balaban J connectivity index is 0.000000396. The summed E-state index contributed by atoms with van der Waals surface area (Å²) in [5.41, 5.74) is 7.38. The molecule has 3 nitrogen and oxygen atoms in total. The molecule has 0 saturated carbocycles. The van der Waals surface area contributed by atoms with Gasteiger partial charge in [0.05, 0.1) is 5.39 Å². The Morgan fingerprint density at radius 3 is 2.62 bits per heavy atom. The van der Waals surface area contributed by atoms with Gasteiger partial charge in [0, 0.05) is 0 Å². The van der Waals surface area contributed by atoms with Crippen LogP contribution in [0.1, 0.15) is 19.4 Å². The van der Waals surface area contributed by atoms with Crippen LogP contribution in [0, 0.1) is 6.92 Å². The molecule has 0 fully saturated rings. The molecule has 1 heterocycles. The van der Waals surface area contributed by atoms with Gasteiger partial charge in [0.1, 0.15) is 0 Å². The fourth-order valence-corrected chi connectivity index (χ4v) is 1.12. The zero-order chi connectivity index (χ0) is 9.84. The molecule has 0 aliphatic heterocycles. The predicted molar refractivity (Wildman–Crippen MR) is 54.5 cm³/mol. The number of hydrogen-bond donors (Lipinski definition) is 1. The van der Waals surface area contributed by atoms with Gasteiger partial charge < -0.3 is 10.3 Å². The minimum Gasteiger partial charge on any atom is -0.380 e. The van der Waals surface area contributed by atoms with E-state index < -0.39 is 0 Å². The number of nitrogens with zero attached hydrogens (tertiary/aromatic N) is 1. The van der Waals surface area contributed by atoms with Crippen molar-refractivity contribution in [3.05, 3.63) is 23.8 Å². The maximum absolute atomic E-state index is 5.54. The molecule has 0 amide bonds. The molecule has 2 N–H and O–H groups in total. The van der Waals surface area contributed by atoms with Crippen LogP contribution in [-0.2, 0) is 0 Å². The molecule has 70 valence electrons.